The van der Waals surface area contributed by atoms with E-state index in [1.807, 2.05) is 0 Å². The lowest BCUT2D eigenvalue weighted by molar-refractivity contribution is -0.0668. The standard InChI is InChI=1S/C22H25FN2O3/c23-18-9-3-2-8-16(18)22(27)11-5-6-14-12-25(13-17(14)22)21(26)20-15-7-1-4-10-19(15)28-24-20/h2-3,8-9,14,17,27H,1,4-7,10-13H2/t14-,17+,22+/m1/s1. The quantitative estimate of drug-likeness (QED) is 0.861. The molecule has 2 aromatic rings. The van der Waals surface area contributed by atoms with Gasteiger partial charge in [0.1, 0.15) is 11.6 Å². The lowest BCUT2D eigenvalue weighted by Crippen LogP contribution is -2.43. The molecule has 2 fully saturated rings. The lowest BCUT2D eigenvalue weighted by atomic mass is 9.67. The van der Waals surface area contributed by atoms with Crippen molar-refractivity contribution in [1.29, 1.82) is 0 Å². The third kappa shape index (κ3) is 2.69. The second-order valence-corrected chi connectivity index (χ2v) is 8.51. The second-order valence-electron chi connectivity index (χ2n) is 8.51. The first-order valence-electron chi connectivity index (χ1n) is 10.3. The number of likely N-dealkylation sites (tertiary alicyclic amines) is 1. The van der Waals surface area contributed by atoms with Gasteiger partial charge in [0.05, 0.1) is 5.60 Å². The van der Waals surface area contributed by atoms with E-state index in [0.717, 1.165) is 49.8 Å². The summed E-state index contributed by atoms with van der Waals surface area (Å²) in [5.74, 6) is 0.363. The molecule has 1 aromatic heterocycles. The number of benzene rings is 1. The topological polar surface area (TPSA) is 66.6 Å². The SMILES string of the molecule is O=C(c1noc2c1CCCC2)N1C[C@H]2CCC[C@](O)(c3ccccc3F)[C@H]2C1. The number of carbonyl (C=O) groups is 1. The van der Waals surface area contributed by atoms with Crippen LogP contribution in [0.1, 0.15) is 59.5 Å². The van der Waals surface area contributed by atoms with Gasteiger partial charge in [-0.15, -0.1) is 0 Å². The number of fused-ring (bicyclic) bond motifs is 2. The average molecular weight is 384 g/mol. The first kappa shape index (κ1) is 17.9. The number of nitrogens with zero attached hydrogens (tertiary/aromatic N) is 2. The molecule has 1 aliphatic heterocycles. The minimum atomic E-state index is -1.23. The molecule has 28 heavy (non-hydrogen) atoms. The largest absolute Gasteiger partial charge is 0.385 e. The van der Waals surface area contributed by atoms with Gasteiger partial charge in [-0.2, -0.15) is 0 Å². The third-order valence-electron chi connectivity index (χ3n) is 6.97. The van der Waals surface area contributed by atoms with Gasteiger partial charge in [-0.25, -0.2) is 4.39 Å². The van der Waals surface area contributed by atoms with E-state index in [0.29, 0.717) is 30.8 Å². The van der Waals surface area contributed by atoms with Crippen LogP contribution in [0, 0.1) is 17.7 Å². The number of amides is 1. The van der Waals surface area contributed by atoms with Crippen molar-refractivity contribution in [2.75, 3.05) is 13.1 Å². The van der Waals surface area contributed by atoms with E-state index in [2.05, 4.69) is 5.16 Å². The summed E-state index contributed by atoms with van der Waals surface area (Å²) >= 11 is 0. The van der Waals surface area contributed by atoms with Gasteiger partial charge in [-0.05, 0) is 50.5 Å². The Kier molecular flexibility index (Phi) is 4.27. The second kappa shape index (κ2) is 6.69. The molecule has 0 bridgehead atoms. The maximum atomic E-state index is 14.5. The zero-order valence-electron chi connectivity index (χ0n) is 15.9. The molecule has 2 aliphatic carbocycles. The van der Waals surface area contributed by atoms with Crippen molar-refractivity contribution < 1.29 is 18.8 Å². The summed E-state index contributed by atoms with van der Waals surface area (Å²) in [4.78, 5) is 15.0. The number of hydrogen-bond acceptors (Lipinski definition) is 4. The van der Waals surface area contributed by atoms with Crippen LogP contribution in [0.2, 0.25) is 0 Å². The van der Waals surface area contributed by atoms with Gasteiger partial charge >= 0.3 is 0 Å². The van der Waals surface area contributed by atoms with Gasteiger partial charge < -0.3 is 14.5 Å². The van der Waals surface area contributed by atoms with Gasteiger partial charge in [0.15, 0.2) is 5.69 Å². The Morgan fingerprint density at radius 2 is 2.04 bits per heavy atom. The Hall–Kier alpha value is -2.21. The van der Waals surface area contributed by atoms with Crippen molar-refractivity contribution in [2.24, 2.45) is 11.8 Å². The van der Waals surface area contributed by atoms with Crippen LogP contribution >= 0.6 is 0 Å². The summed E-state index contributed by atoms with van der Waals surface area (Å²) in [7, 11) is 0. The third-order valence-corrected chi connectivity index (χ3v) is 6.97. The van der Waals surface area contributed by atoms with Gasteiger partial charge in [-0.1, -0.05) is 23.4 Å². The fourth-order valence-electron chi connectivity index (χ4n) is 5.54. The highest BCUT2D eigenvalue weighted by Crippen LogP contribution is 2.49. The van der Waals surface area contributed by atoms with Crippen LogP contribution in [0.3, 0.4) is 0 Å². The first-order valence-corrected chi connectivity index (χ1v) is 10.3. The van der Waals surface area contributed by atoms with E-state index < -0.39 is 5.60 Å². The Morgan fingerprint density at radius 1 is 1.21 bits per heavy atom. The van der Waals surface area contributed by atoms with Crippen molar-refractivity contribution in [2.45, 2.75) is 50.5 Å². The van der Waals surface area contributed by atoms with Crippen LogP contribution in [-0.2, 0) is 18.4 Å². The summed E-state index contributed by atoms with van der Waals surface area (Å²) in [5.41, 5.74) is 0.517. The zero-order valence-corrected chi connectivity index (χ0v) is 15.9. The zero-order chi connectivity index (χ0) is 19.3. The Bertz CT molecular complexity index is 911. The highest BCUT2D eigenvalue weighted by Gasteiger charge is 2.52. The highest BCUT2D eigenvalue weighted by molar-refractivity contribution is 5.94. The van der Waals surface area contributed by atoms with Crippen molar-refractivity contribution >= 4 is 5.91 Å². The molecule has 1 N–H and O–H groups in total. The summed E-state index contributed by atoms with van der Waals surface area (Å²) in [6, 6.07) is 6.48. The average Bonchev–Trinajstić information content (AvgIpc) is 3.33. The van der Waals surface area contributed by atoms with Gasteiger partial charge in [0, 0.05) is 36.6 Å². The number of aromatic nitrogens is 1. The Labute approximate surface area is 163 Å². The number of halogens is 1. The molecule has 1 amide bonds. The van der Waals surface area contributed by atoms with E-state index in [4.69, 9.17) is 4.52 Å². The molecular formula is C22H25FN2O3. The van der Waals surface area contributed by atoms with E-state index in [1.165, 1.54) is 6.07 Å². The van der Waals surface area contributed by atoms with E-state index in [1.54, 1.807) is 23.1 Å². The fourth-order valence-corrected chi connectivity index (χ4v) is 5.54. The van der Waals surface area contributed by atoms with Crippen LogP contribution < -0.4 is 0 Å². The van der Waals surface area contributed by atoms with E-state index in [-0.39, 0.29) is 23.6 Å². The molecule has 2 heterocycles. The Morgan fingerprint density at radius 3 is 2.89 bits per heavy atom. The van der Waals surface area contributed by atoms with Crippen molar-refractivity contribution in [3.8, 4) is 0 Å². The van der Waals surface area contributed by atoms with Gasteiger partial charge in [0.25, 0.3) is 5.91 Å². The molecule has 0 unspecified atom stereocenters. The summed E-state index contributed by atoms with van der Waals surface area (Å²) in [5, 5.41) is 15.6. The molecule has 5 nitrogen and oxygen atoms in total. The minimum Gasteiger partial charge on any atom is -0.385 e. The number of hydrogen-bond donors (Lipinski definition) is 1. The maximum absolute atomic E-state index is 14.5. The van der Waals surface area contributed by atoms with Gasteiger partial charge in [-0.3, -0.25) is 4.79 Å². The van der Waals surface area contributed by atoms with Crippen LogP contribution in [0.5, 0.6) is 0 Å². The Balaban J connectivity index is 1.43. The number of carbonyl (C=O) groups excluding carboxylic acids is 1. The molecule has 1 saturated carbocycles. The molecule has 0 radical (unpaired) electrons. The van der Waals surface area contributed by atoms with Crippen molar-refractivity contribution in [1.82, 2.24) is 10.1 Å². The monoisotopic (exact) mass is 384 g/mol. The van der Waals surface area contributed by atoms with Crippen LogP contribution in [0.4, 0.5) is 4.39 Å². The van der Waals surface area contributed by atoms with Gasteiger partial charge in [0.2, 0.25) is 0 Å². The molecule has 1 saturated heterocycles. The molecule has 0 spiro atoms. The lowest BCUT2D eigenvalue weighted by Gasteiger charge is -2.41. The highest BCUT2D eigenvalue weighted by atomic mass is 19.1. The van der Waals surface area contributed by atoms with Crippen molar-refractivity contribution in [3.05, 3.63) is 52.7 Å². The molecule has 6 heteroatoms. The smallest absolute Gasteiger partial charge is 0.276 e. The molecule has 3 aliphatic rings. The predicted octanol–water partition coefficient (Wildman–Crippen LogP) is 3.45. The number of aryl methyl sites for hydroxylation is 1. The van der Waals surface area contributed by atoms with E-state index in [9.17, 15) is 14.3 Å². The molecule has 5 rings (SSSR count). The summed E-state index contributed by atoms with van der Waals surface area (Å²) < 4.78 is 19.9. The molecule has 1 aromatic carbocycles. The summed E-state index contributed by atoms with van der Waals surface area (Å²) in [6.45, 7) is 1.01. The van der Waals surface area contributed by atoms with Crippen LogP contribution in [0.25, 0.3) is 0 Å². The van der Waals surface area contributed by atoms with Crippen LogP contribution in [-0.4, -0.2) is 34.2 Å². The summed E-state index contributed by atoms with van der Waals surface area (Å²) in [6.07, 6.45) is 6.09. The fraction of sp³-hybridized carbons (Fsp3) is 0.545. The minimum absolute atomic E-state index is 0.114. The predicted molar refractivity (Wildman–Crippen MR) is 100 cm³/mol. The molecule has 148 valence electrons. The normalized spacial score (nSPS) is 29.4. The van der Waals surface area contributed by atoms with E-state index >= 15 is 0 Å². The van der Waals surface area contributed by atoms with Crippen molar-refractivity contribution in [3.63, 3.8) is 0 Å². The number of rotatable bonds is 2. The molecule has 3 atom stereocenters. The molecular weight excluding hydrogens is 359 g/mol. The maximum Gasteiger partial charge on any atom is 0.276 e. The van der Waals surface area contributed by atoms with Crippen LogP contribution in [0.15, 0.2) is 28.8 Å². The number of aliphatic hydroxyl groups is 1. The first-order chi connectivity index (χ1) is 13.6.